The highest BCUT2D eigenvalue weighted by Gasteiger charge is 2.27. The lowest BCUT2D eigenvalue weighted by Crippen LogP contribution is -2.33. The first-order chi connectivity index (χ1) is 9.63. The fourth-order valence-corrected chi connectivity index (χ4v) is 2.34. The molecule has 0 unspecified atom stereocenters. The highest BCUT2D eigenvalue weighted by Crippen LogP contribution is 2.30. The van der Waals surface area contributed by atoms with Crippen molar-refractivity contribution in [3.8, 4) is 5.75 Å². The van der Waals surface area contributed by atoms with Crippen LogP contribution in [-0.4, -0.2) is 30.5 Å². The van der Waals surface area contributed by atoms with Gasteiger partial charge in [-0.25, -0.2) is 0 Å². The zero-order chi connectivity index (χ0) is 14.5. The Kier molecular flexibility index (Phi) is 4.88. The van der Waals surface area contributed by atoms with E-state index in [4.69, 9.17) is 10.5 Å². The summed E-state index contributed by atoms with van der Waals surface area (Å²) in [4.78, 5) is 14.6. The molecule has 2 N–H and O–H groups in total. The Balaban J connectivity index is 2.15. The summed E-state index contributed by atoms with van der Waals surface area (Å²) in [5.74, 6) is 1.42. The van der Waals surface area contributed by atoms with Crippen LogP contribution in [0.15, 0.2) is 18.2 Å². The van der Waals surface area contributed by atoms with Crippen LogP contribution < -0.4 is 10.5 Å². The summed E-state index contributed by atoms with van der Waals surface area (Å²) >= 11 is 0. The topological polar surface area (TPSA) is 55.6 Å². The first-order valence-electron chi connectivity index (χ1n) is 7.46. The van der Waals surface area contributed by atoms with E-state index in [1.807, 2.05) is 11.8 Å². The molecule has 1 fully saturated rings. The largest absolute Gasteiger partial charge is 0.494 e. The molecule has 0 bridgehead atoms. The minimum atomic E-state index is 0.0620. The molecule has 20 heavy (non-hydrogen) atoms. The molecule has 4 heteroatoms. The Morgan fingerprint density at radius 1 is 1.35 bits per heavy atom. The van der Waals surface area contributed by atoms with E-state index in [9.17, 15) is 4.79 Å². The lowest BCUT2D eigenvalue weighted by Gasteiger charge is -2.22. The normalized spacial score (nSPS) is 14.1. The van der Waals surface area contributed by atoms with Crippen molar-refractivity contribution >= 4 is 11.6 Å². The fraction of sp³-hybridized carbons (Fsp3) is 0.562. The number of rotatable bonds is 7. The molecule has 110 valence electrons. The molecule has 1 aliphatic carbocycles. The van der Waals surface area contributed by atoms with E-state index in [1.54, 1.807) is 18.2 Å². The predicted octanol–water partition coefficient (Wildman–Crippen LogP) is 2.93. The highest BCUT2D eigenvalue weighted by atomic mass is 16.5. The first-order valence-corrected chi connectivity index (χ1v) is 7.46. The molecule has 0 radical (unpaired) electrons. The van der Waals surface area contributed by atoms with Crippen molar-refractivity contribution in [3.05, 3.63) is 23.8 Å². The summed E-state index contributed by atoms with van der Waals surface area (Å²) in [6, 6.07) is 5.28. The molecule has 2 rings (SSSR count). The van der Waals surface area contributed by atoms with Gasteiger partial charge in [-0.2, -0.15) is 0 Å². The van der Waals surface area contributed by atoms with Crippen molar-refractivity contribution in [3.63, 3.8) is 0 Å². The highest BCUT2D eigenvalue weighted by molar-refractivity contribution is 5.95. The number of hydrogen-bond donors (Lipinski definition) is 1. The number of hydrogen-bond acceptors (Lipinski definition) is 3. The van der Waals surface area contributed by atoms with Gasteiger partial charge >= 0.3 is 0 Å². The van der Waals surface area contributed by atoms with Gasteiger partial charge in [-0.1, -0.05) is 6.92 Å². The Labute approximate surface area is 120 Å². The molecule has 1 aliphatic rings. The van der Waals surface area contributed by atoms with Gasteiger partial charge in [0.15, 0.2) is 0 Å². The third-order valence-corrected chi connectivity index (χ3v) is 3.44. The summed E-state index contributed by atoms with van der Waals surface area (Å²) in [5, 5.41) is 0. The third kappa shape index (κ3) is 3.89. The van der Waals surface area contributed by atoms with Crippen LogP contribution in [0.2, 0.25) is 0 Å². The van der Waals surface area contributed by atoms with Crippen molar-refractivity contribution in [1.29, 1.82) is 0 Å². The number of anilines is 1. The smallest absolute Gasteiger partial charge is 0.254 e. The maximum atomic E-state index is 12.6. The molecule has 1 saturated carbocycles. The molecule has 0 saturated heterocycles. The molecule has 0 aromatic heterocycles. The number of amides is 1. The van der Waals surface area contributed by atoms with Gasteiger partial charge in [-0.3, -0.25) is 4.79 Å². The summed E-state index contributed by atoms with van der Waals surface area (Å²) in [6.07, 6.45) is 3.46. The Morgan fingerprint density at radius 3 is 2.70 bits per heavy atom. The van der Waals surface area contributed by atoms with Crippen LogP contribution >= 0.6 is 0 Å². The average molecular weight is 276 g/mol. The Hall–Kier alpha value is -1.71. The van der Waals surface area contributed by atoms with Crippen LogP contribution in [0.4, 0.5) is 5.69 Å². The summed E-state index contributed by atoms with van der Waals surface area (Å²) < 4.78 is 5.46. The molecule has 0 aliphatic heterocycles. The number of benzene rings is 1. The Bertz CT molecular complexity index is 470. The predicted molar refractivity (Wildman–Crippen MR) is 80.9 cm³/mol. The number of carbonyl (C=O) groups is 1. The number of nitrogens with zero attached hydrogens (tertiary/aromatic N) is 1. The number of nitrogens with two attached hydrogens (primary N) is 1. The lowest BCUT2D eigenvalue weighted by atomic mass is 10.1. The van der Waals surface area contributed by atoms with Crippen molar-refractivity contribution < 1.29 is 9.53 Å². The summed E-state index contributed by atoms with van der Waals surface area (Å²) in [5.41, 5.74) is 7.06. The minimum absolute atomic E-state index is 0.0620. The lowest BCUT2D eigenvalue weighted by molar-refractivity contribution is 0.0747. The van der Waals surface area contributed by atoms with Crippen LogP contribution in [0.3, 0.4) is 0 Å². The van der Waals surface area contributed by atoms with E-state index >= 15 is 0 Å². The van der Waals surface area contributed by atoms with Crippen LogP contribution in [0.1, 0.15) is 43.5 Å². The van der Waals surface area contributed by atoms with E-state index < -0.39 is 0 Å². The maximum absolute atomic E-state index is 12.6. The SMILES string of the molecule is CCCN(CC1CC1)C(=O)c1cc(N)cc(OCC)c1. The fourth-order valence-electron chi connectivity index (χ4n) is 2.34. The molecular formula is C16H24N2O2. The second-order valence-corrected chi connectivity index (χ2v) is 5.42. The average Bonchev–Trinajstić information content (AvgIpc) is 3.21. The summed E-state index contributed by atoms with van der Waals surface area (Å²) in [7, 11) is 0. The van der Waals surface area contributed by atoms with Crippen LogP contribution in [-0.2, 0) is 0 Å². The van der Waals surface area contributed by atoms with E-state index in [-0.39, 0.29) is 5.91 Å². The number of nitrogen functional groups attached to an aromatic ring is 1. The standard InChI is InChI=1S/C16H24N2O2/c1-3-7-18(11-12-5-6-12)16(19)13-8-14(17)10-15(9-13)20-4-2/h8-10,12H,3-7,11,17H2,1-2H3. The van der Waals surface area contributed by atoms with Gasteiger partial charge in [0.1, 0.15) is 5.75 Å². The van der Waals surface area contributed by atoms with E-state index in [0.29, 0.717) is 29.5 Å². The van der Waals surface area contributed by atoms with Gasteiger partial charge in [0.05, 0.1) is 6.61 Å². The summed E-state index contributed by atoms with van der Waals surface area (Å²) in [6.45, 7) is 6.25. The monoisotopic (exact) mass is 276 g/mol. The molecule has 4 nitrogen and oxygen atoms in total. The van der Waals surface area contributed by atoms with E-state index in [1.165, 1.54) is 12.8 Å². The number of carbonyl (C=O) groups excluding carboxylic acids is 1. The molecule has 0 heterocycles. The minimum Gasteiger partial charge on any atom is -0.494 e. The van der Waals surface area contributed by atoms with Crippen molar-refractivity contribution in [2.24, 2.45) is 5.92 Å². The molecular weight excluding hydrogens is 252 g/mol. The van der Waals surface area contributed by atoms with Crippen molar-refractivity contribution in [2.45, 2.75) is 33.1 Å². The van der Waals surface area contributed by atoms with Crippen molar-refractivity contribution in [2.75, 3.05) is 25.4 Å². The molecule has 1 aromatic rings. The second-order valence-electron chi connectivity index (χ2n) is 5.42. The number of ether oxygens (including phenoxy) is 1. The van der Waals surface area contributed by atoms with Crippen LogP contribution in [0, 0.1) is 5.92 Å². The molecule has 0 spiro atoms. The molecule has 1 aromatic carbocycles. The zero-order valence-electron chi connectivity index (χ0n) is 12.4. The quantitative estimate of drug-likeness (QED) is 0.779. The third-order valence-electron chi connectivity index (χ3n) is 3.44. The first kappa shape index (κ1) is 14.7. The zero-order valence-corrected chi connectivity index (χ0v) is 12.4. The molecule has 1 amide bonds. The van der Waals surface area contributed by atoms with Gasteiger partial charge in [0, 0.05) is 30.4 Å². The van der Waals surface area contributed by atoms with E-state index in [2.05, 4.69) is 6.92 Å². The van der Waals surface area contributed by atoms with Gasteiger partial charge in [0.25, 0.3) is 5.91 Å². The molecule has 0 atom stereocenters. The van der Waals surface area contributed by atoms with Gasteiger partial charge in [0.2, 0.25) is 0 Å². The second kappa shape index (κ2) is 6.64. The van der Waals surface area contributed by atoms with E-state index in [0.717, 1.165) is 19.5 Å². The Morgan fingerprint density at radius 2 is 2.10 bits per heavy atom. The van der Waals surface area contributed by atoms with Crippen molar-refractivity contribution in [1.82, 2.24) is 4.90 Å². The van der Waals surface area contributed by atoms with Gasteiger partial charge in [-0.15, -0.1) is 0 Å². The van der Waals surface area contributed by atoms with Crippen LogP contribution in [0.5, 0.6) is 5.75 Å². The maximum Gasteiger partial charge on any atom is 0.254 e. The van der Waals surface area contributed by atoms with Gasteiger partial charge in [-0.05, 0) is 44.2 Å². The van der Waals surface area contributed by atoms with Crippen LogP contribution in [0.25, 0.3) is 0 Å². The van der Waals surface area contributed by atoms with Gasteiger partial charge < -0.3 is 15.4 Å².